The summed E-state index contributed by atoms with van der Waals surface area (Å²) in [6.07, 6.45) is -3.08. The molecule has 0 aliphatic heterocycles. The van der Waals surface area contributed by atoms with Crippen LogP contribution in [0.25, 0.3) is 11.3 Å². The van der Waals surface area contributed by atoms with Gasteiger partial charge in [0.1, 0.15) is 17.3 Å². The van der Waals surface area contributed by atoms with Gasteiger partial charge in [-0.25, -0.2) is 4.98 Å². The third kappa shape index (κ3) is 3.48. The molecule has 7 heteroatoms. The fourth-order valence-corrected chi connectivity index (χ4v) is 1.93. The van der Waals surface area contributed by atoms with Crippen molar-refractivity contribution < 1.29 is 17.9 Å². The first-order valence-electron chi connectivity index (χ1n) is 6.27. The third-order valence-corrected chi connectivity index (χ3v) is 2.89. The third-order valence-electron chi connectivity index (χ3n) is 2.89. The van der Waals surface area contributed by atoms with Gasteiger partial charge in [0.05, 0.1) is 6.33 Å². The summed E-state index contributed by atoms with van der Waals surface area (Å²) in [5.41, 5.74) is 6.98. The van der Waals surface area contributed by atoms with Gasteiger partial charge in [-0.2, -0.15) is 0 Å². The molecule has 114 valence electrons. The second-order valence-corrected chi connectivity index (χ2v) is 5.59. The van der Waals surface area contributed by atoms with Crippen LogP contribution in [0.3, 0.4) is 0 Å². The Morgan fingerprint density at radius 3 is 2.10 bits per heavy atom. The maximum Gasteiger partial charge on any atom is 0.573 e. The van der Waals surface area contributed by atoms with E-state index < -0.39 is 6.36 Å². The van der Waals surface area contributed by atoms with E-state index in [0.717, 1.165) is 0 Å². The zero-order valence-corrected chi connectivity index (χ0v) is 11.9. The molecule has 0 unspecified atom stereocenters. The van der Waals surface area contributed by atoms with Crippen LogP contribution in [0.15, 0.2) is 30.6 Å². The molecule has 0 aliphatic carbocycles. The minimum absolute atomic E-state index is 0.228. The summed E-state index contributed by atoms with van der Waals surface area (Å²) in [6, 6.07) is 5.45. The van der Waals surface area contributed by atoms with Crippen molar-refractivity contribution in [1.29, 1.82) is 0 Å². The van der Waals surface area contributed by atoms with E-state index in [4.69, 9.17) is 5.73 Å². The lowest BCUT2D eigenvalue weighted by Crippen LogP contribution is -2.22. The molecule has 21 heavy (non-hydrogen) atoms. The average Bonchev–Trinajstić information content (AvgIpc) is 2.70. The number of benzene rings is 1. The summed E-state index contributed by atoms with van der Waals surface area (Å²) < 4.78 is 42.0. The van der Waals surface area contributed by atoms with Crippen LogP contribution < -0.4 is 10.5 Å². The number of nitrogen functional groups attached to an aromatic ring is 1. The van der Waals surface area contributed by atoms with E-state index in [-0.39, 0.29) is 11.3 Å². The first kappa shape index (κ1) is 15.2. The van der Waals surface area contributed by atoms with Crippen LogP contribution in [0, 0.1) is 0 Å². The van der Waals surface area contributed by atoms with E-state index in [0.29, 0.717) is 17.1 Å². The van der Waals surface area contributed by atoms with E-state index in [1.165, 1.54) is 24.3 Å². The molecular formula is C14H16F3N3O. The second-order valence-electron chi connectivity index (χ2n) is 5.59. The van der Waals surface area contributed by atoms with Crippen LogP contribution in [-0.4, -0.2) is 15.9 Å². The molecule has 0 amide bonds. The largest absolute Gasteiger partial charge is 0.573 e. The Morgan fingerprint density at radius 1 is 1.10 bits per heavy atom. The molecule has 2 N–H and O–H groups in total. The van der Waals surface area contributed by atoms with Gasteiger partial charge in [0, 0.05) is 11.1 Å². The van der Waals surface area contributed by atoms with Gasteiger partial charge in [-0.3, -0.25) is 0 Å². The molecule has 2 aromatic rings. The number of hydrogen-bond donors (Lipinski definition) is 1. The molecule has 0 saturated heterocycles. The van der Waals surface area contributed by atoms with Crippen molar-refractivity contribution in [2.75, 3.05) is 5.73 Å². The highest BCUT2D eigenvalue weighted by molar-refractivity contribution is 5.71. The van der Waals surface area contributed by atoms with Crippen molar-refractivity contribution in [1.82, 2.24) is 9.55 Å². The van der Waals surface area contributed by atoms with Crippen molar-refractivity contribution in [2.45, 2.75) is 32.7 Å². The minimum atomic E-state index is -4.70. The molecule has 0 fully saturated rings. The van der Waals surface area contributed by atoms with E-state index in [9.17, 15) is 13.2 Å². The predicted octanol–water partition coefficient (Wildman–Crippen LogP) is 3.79. The quantitative estimate of drug-likeness (QED) is 0.918. The number of nitrogens with two attached hydrogens (primary N) is 1. The molecule has 0 spiro atoms. The number of ether oxygens (including phenoxy) is 1. The first-order chi connectivity index (χ1) is 9.58. The summed E-state index contributed by atoms with van der Waals surface area (Å²) in [7, 11) is 0. The van der Waals surface area contributed by atoms with Crippen molar-refractivity contribution >= 4 is 5.82 Å². The standard InChI is InChI=1S/C14H16F3N3O/c1-13(2,3)20-8-19-11(12(20)18)9-4-6-10(7-5-9)21-14(15,16)17/h4-8H,18H2,1-3H3. The van der Waals surface area contributed by atoms with Crippen LogP contribution in [0.4, 0.5) is 19.0 Å². The molecule has 2 rings (SSSR count). The van der Waals surface area contributed by atoms with Crippen molar-refractivity contribution in [3.63, 3.8) is 0 Å². The van der Waals surface area contributed by atoms with Gasteiger partial charge in [0.25, 0.3) is 0 Å². The Labute approximate surface area is 120 Å². The number of anilines is 1. The van der Waals surface area contributed by atoms with E-state index in [1.54, 1.807) is 6.33 Å². The second kappa shape index (κ2) is 4.98. The number of rotatable bonds is 2. The van der Waals surface area contributed by atoms with Crippen LogP contribution in [0.5, 0.6) is 5.75 Å². The number of halogens is 3. The summed E-state index contributed by atoms with van der Waals surface area (Å²) in [5.74, 6) is 0.187. The fourth-order valence-electron chi connectivity index (χ4n) is 1.93. The molecule has 0 atom stereocenters. The molecule has 0 bridgehead atoms. The van der Waals surface area contributed by atoms with Gasteiger partial charge in [0.2, 0.25) is 0 Å². The smallest absolute Gasteiger partial charge is 0.406 e. The fraction of sp³-hybridized carbons (Fsp3) is 0.357. The van der Waals surface area contributed by atoms with Crippen molar-refractivity contribution in [3.05, 3.63) is 30.6 Å². The molecule has 0 aliphatic rings. The molecule has 1 aromatic carbocycles. The summed E-state index contributed by atoms with van der Waals surface area (Å²) in [4.78, 5) is 4.23. The number of hydrogen-bond acceptors (Lipinski definition) is 3. The highest BCUT2D eigenvalue weighted by atomic mass is 19.4. The van der Waals surface area contributed by atoms with Crippen molar-refractivity contribution in [2.24, 2.45) is 0 Å². The summed E-state index contributed by atoms with van der Waals surface area (Å²) in [6.45, 7) is 5.94. The molecular weight excluding hydrogens is 283 g/mol. The predicted molar refractivity (Wildman–Crippen MR) is 73.8 cm³/mol. The molecule has 0 saturated carbocycles. The van der Waals surface area contributed by atoms with Gasteiger partial charge >= 0.3 is 6.36 Å². The van der Waals surface area contributed by atoms with Gasteiger partial charge in [-0.1, -0.05) is 0 Å². The van der Waals surface area contributed by atoms with Gasteiger partial charge in [-0.05, 0) is 45.0 Å². The van der Waals surface area contributed by atoms with Gasteiger partial charge in [0.15, 0.2) is 0 Å². The van der Waals surface area contributed by atoms with Gasteiger partial charge in [-0.15, -0.1) is 13.2 Å². The zero-order chi connectivity index (χ0) is 15.8. The van der Waals surface area contributed by atoms with Crippen LogP contribution in [0.2, 0.25) is 0 Å². The average molecular weight is 299 g/mol. The number of aromatic nitrogens is 2. The Kier molecular flexibility index (Phi) is 3.61. The normalized spacial score (nSPS) is 12.5. The zero-order valence-electron chi connectivity index (χ0n) is 11.9. The Morgan fingerprint density at radius 2 is 1.67 bits per heavy atom. The van der Waals surface area contributed by atoms with E-state index >= 15 is 0 Å². The molecule has 4 nitrogen and oxygen atoms in total. The maximum absolute atomic E-state index is 12.1. The minimum Gasteiger partial charge on any atom is -0.406 e. The number of alkyl halides is 3. The Hall–Kier alpha value is -2.18. The Balaban J connectivity index is 2.30. The lowest BCUT2D eigenvalue weighted by Gasteiger charge is -2.22. The summed E-state index contributed by atoms with van der Waals surface area (Å²) >= 11 is 0. The highest BCUT2D eigenvalue weighted by Crippen LogP contribution is 2.30. The molecule has 1 aromatic heterocycles. The van der Waals surface area contributed by atoms with Crippen LogP contribution in [0.1, 0.15) is 20.8 Å². The highest BCUT2D eigenvalue weighted by Gasteiger charge is 2.31. The first-order valence-corrected chi connectivity index (χ1v) is 6.27. The van der Waals surface area contributed by atoms with Gasteiger partial charge < -0.3 is 15.0 Å². The summed E-state index contributed by atoms with van der Waals surface area (Å²) in [5, 5.41) is 0. The lowest BCUT2D eigenvalue weighted by molar-refractivity contribution is -0.274. The van der Waals surface area contributed by atoms with Crippen LogP contribution in [-0.2, 0) is 5.54 Å². The topological polar surface area (TPSA) is 53.1 Å². The van der Waals surface area contributed by atoms with Crippen LogP contribution >= 0.6 is 0 Å². The molecule has 1 heterocycles. The van der Waals surface area contributed by atoms with Crippen molar-refractivity contribution in [3.8, 4) is 17.0 Å². The molecule has 0 radical (unpaired) electrons. The monoisotopic (exact) mass is 299 g/mol. The lowest BCUT2D eigenvalue weighted by atomic mass is 10.1. The van der Waals surface area contributed by atoms with E-state index in [1.807, 2.05) is 25.3 Å². The number of imidazole rings is 1. The number of nitrogens with zero attached hydrogens (tertiary/aromatic N) is 2. The maximum atomic E-state index is 12.1. The van der Waals surface area contributed by atoms with E-state index in [2.05, 4.69) is 9.72 Å². The SMILES string of the molecule is CC(C)(C)n1cnc(-c2ccc(OC(F)(F)F)cc2)c1N. The Bertz CT molecular complexity index is 624.